The fraction of sp³-hybridized carbons (Fsp3) is 0.189. The van der Waals surface area contributed by atoms with Crippen LogP contribution in [-0.2, 0) is 5.41 Å². The molecule has 0 heteroatoms. The summed E-state index contributed by atoms with van der Waals surface area (Å²) in [4.78, 5) is 0. The highest BCUT2D eigenvalue weighted by atomic mass is 14.5. The van der Waals surface area contributed by atoms with Crippen LogP contribution >= 0.6 is 0 Å². The van der Waals surface area contributed by atoms with E-state index in [0.29, 0.717) is 0 Å². The first-order chi connectivity index (χ1) is 18.2. The average Bonchev–Trinajstić information content (AvgIpc) is 3.44. The van der Waals surface area contributed by atoms with E-state index in [9.17, 15) is 0 Å². The molecule has 0 heterocycles. The maximum atomic E-state index is 2.46. The zero-order chi connectivity index (χ0) is 26.2. The van der Waals surface area contributed by atoms with Gasteiger partial charge in [0.15, 0.2) is 0 Å². The molecule has 0 aliphatic heterocycles. The minimum Gasteiger partial charge on any atom is -0.0683 e. The number of aryl methyl sites for hydroxylation is 2. The number of hydrogen-bond acceptors (Lipinski definition) is 0. The van der Waals surface area contributed by atoms with Gasteiger partial charge in [-0.15, -0.1) is 0 Å². The minimum atomic E-state index is -0.269. The fourth-order valence-electron chi connectivity index (χ4n) is 6.20. The van der Waals surface area contributed by atoms with Gasteiger partial charge in [0.1, 0.15) is 0 Å². The Balaban J connectivity index is 0.000000670. The highest BCUT2D eigenvalue weighted by molar-refractivity contribution is 5.95. The summed E-state index contributed by atoms with van der Waals surface area (Å²) in [7, 11) is 0. The average molecular weight is 481 g/mol. The minimum absolute atomic E-state index is 0.269. The lowest BCUT2D eigenvalue weighted by Crippen LogP contribution is -2.25. The van der Waals surface area contributed by atoms with Gasteiger partial charge in [-0.05, 0) is 86.7 Å². The van der Waals surface area contributed by atoms with Gasteiger partial charge < -0.3 is 0 Å². The van der Waals surface area contributed by atoms with Gasteiger partial charge >= 0.3 is 0 Å². The van der Waals surface area contributed by atoms with Gasteiger partial charge in [-0.2, -0.15) is 0 Å². The monoisotopic (exact) mass is 480 g/mol. The van der Waals surface area contributed by atoms with Gasteiger partial charge in [0.25, 0.3) is 0 Å². The summed E-state index contributed by atoms with van der Waals surface area (Å²) in [5, 5.41) is 0. The van der Waals surface area contributed by atoms with Crippen molar-refractivity contribution in [2.75, 3.05) is 0 Å². The Bertz CT molecular complexity index is 1520. The molecule has 184 valence electrons. The van der Waals surface area contributed by atoms with Gasteiger partial charge in [-0.25, -0.2) is 0 Å². The second-order valence-corrected chi connectivity index (χ2v) is 9.45. The third-order valence-corrected chi connectivity index (χ3v) is 7.84. The summed E-state index contributed by atoms with van der Waals surface area (Å²) in [5.74, 6) is 0. The van der Waals surface area contributed by atoms with E-state index in [1.807, 2.05) is 27.7 Å². The van der Waals surface area contributed by atoms with E-state index in [0.717, 1.165) is 0 Å². The lowest BCUT2D eigenvalue weighted by molar-refractivity contribution is 0.794. The van der Waals surface area contributed by atoms with Crippen LogP contribution in [0, 0.1) is 13.8 Å². The summed E-state index contributed by atoms with van der Waals surface area (Å²) >= 11 is 0. The molecule has 0 fully saturated rings. The molecule has 0 aromatic heterocycles. The Kier molecular flexibility index (Phi) is 6.61. The first-order valence-electron chi connectivity index (χ1n) is 13.7. The van der Waals surface area contributed by atoms with E-state index in [4.69, 9.17) is 0 Å². The largest absolute Gasteiger partial charge is 0.0725 e. The fourth-order valence-corrected chi connectivity index (χ4v) is 6.20. The molecule has 0 nitrogen and oxygen atoms in total. The molecular weight excluding hydrogens is 444 g/mol. The van der Waals surface area contributed by atoms with Crippen molar-refractivity contribution in [3.8, 4) is 33.4 Å². The van der Waals surface area contributed by atoms with Crippen molar-refractivity contribution >= 4 is 0 Å². The van der Waals surface area contributed by atoms with E-state index >= 15 is 0 Å². The summed E-state index contributed by atoms with van der Waals surface area (Å²) in [5.41, 5.74) is 16.0. The predicted octanol–water partition coefficient (Wildman–Crippen LogP) is 10.4. The molecule has 0 saturated carbocycles. The number of fused-ring (bicyclic) bond motifs is 10. The topological polar surface area (TPSA) is 0 Å². The molecule has 0 saturated heterocycles. The van der Waals surface area contributed by atoms with E-state index in [1.54, 1.807) is 0 Å². The van der Waals surface area contributed by atoms with Crippen molar-refractivity contribution in [3.63, 3.8) is 0 Å². The van der Waals surface area contributed by atoms with Gasteiger partial charge in [0.05, 0.1) is 5.41 Å². The van der Waals surface area contributed by atoms with Crippen LogP contribution in [0.5, 0.6) is 0 Å². The number of rotatable bonds is 1. The van der Waals surface area contributed by atoms with Crippen molar-refractivity contribution in [2.24, 2.45) is 0 Å². The van der Waals surface area contributed by atoms with Gasteiger partial charge in [-0.1, -0.05) is 131 Å². The highest BCUT2D eigenvalue weighted by Crippen LogP contribution is 2.62. The van der Waals surface area contributed by atoms with E-state index in [-0.39, 0.29) is 5.41 Å². The maximum absolute atomic E-state index is 2.46. The molecule has 0 amide bonds. The maximum Gasteiger partial charge on any atom is 0.0725 e. The molecule has 0 atom stereocenters. The molecule has 5 aromatic carbocycles. The van der Waals surface area contributed by atoms with E-state index in [2.05, 4.69) is 123 Å². The lowest BCUT2D eigenvalue weighted by Gasteiger charge is -2.30. The summed E-state index contributed by atoms with van der Waals surface area (Å²) in [6.45, 7) is 12.4. The Morgan fingerprint density at radius 1 is 0.378 bits per heavy atom. The third kappa shape index (κ3) is 3.50. The molecule has 2 aliphatic carbocycles. The van der Waals surface area contributed by atoms with Crippen LogP contribution < -0.4 is 0 Å². The zero-order valence-corrected chi connectivity index (χ0v) is 22.9. The van der Waals surface area contributed by atoms with Gasteiger partial charge in [0.2, 0.25) is 0 Å². The van der Waals surface area contributed by atoms with Crippen molar-refractivity contribution in [1.82, 2.24) is 0 Å². The zero-order valence-electron chi connectivity index (χ0n) is 22.9. The van der Waals surface area contributed by atoms with Gasteiger partial charge in [0, 0.05) is 0 Å². The van der Waals surface area contributed by atoms with Crippen molar-refractivity contribution in [1.29, 1.82) is 0 Å². The molecular formula is C37H36. The standard InChI is InChI=1S/C33H24.2C2H6/c1-21-15-16-23(19-22(21)2)24-17-18-28-27-11-5-8-14-31(27)33(32(28)20-24)29-12-6-3-9-25(29)26-10-4-7-13-30(26)33;2*1-2/h3-20H,1-2H3;2*1-2H3. The molecule has 0 unspecified atom stereocenters. The molecule has 0 radical (unpaired) electrons. The normalized spacial score (nSPS) is 12.8. The molecule has 1 spiro atoms. The summed E-state index contributed by atoms with van der Waals surface area (Å²) in [6, 6.07) is 40.9. The van der Waals surface area contributed by atoms with Crippen LogP contribution in [0.3, 0.4) is 0 Å². The Morgan fingerprint density at radius 3 is 1.27 bits per heavy atom. The number of hydrogen-bond donors (Lipinski definition) is 0. The molecule has 0 N–H and O–H groups in total. The highest BCUT2D eigenvalue weighted by Gasteiger charge is 2.51. The Morgan fingerprint density at radius 2 is 0.784 bits per heavy atom. The van der Waals surface area contributed by atoms with E-state index < -0.39 is 0 Å². The lowest BCUT2D eigenvalue weighted by atomic mass is 9.70. The van der Waals surface area contributed by atoms with Crippen LogP contribution in [0.4, 0.5) is 0 Å². The second-order valence-electron chi connectivity index (χ2n) is 9.45. The number of benzene rings is 5. The van der Waals surface area contributed by atoms with E-state index in [1.165, 1.54) is 66.8 Å². The van der Waals surface area contributed by atoms with Crippen LogP contribution in [0.25, 0.3) is 33.4 Å². The van der Waals surface area contributed by atoms with Crippen molar-refractivity contribution in [2.45, 2.75) is 47.0 Å². The second kappa shape index (κ2) is 9.87. The third-order valence-electron chi connectivity index (χ3n) is 7.84. The SMILES string of the molecule is CC.CC.Cc1ccc(-c2ccc3c(c2)C2(c4ccccc4-c4ccccc42)c2ccccc2-3)cc1C. The quantitative estimate of drug-likeness (QED) is 0.219. The smallest absolute Gasteiger partial charge is 0.0683 e. The molecule has 7 rings (SSSR count). The molecule has 0 bridgehead atoms. The van der Waals surface area contributed by atoms with Crippen LogP contribution in [0.1, 0.15) is 61.1 Å². The van der Waals surface area contributed by atoms with Gasteiger partial charge in [-0.3, -0.25) is 0 Å². The first-order valence-corrected chi connectivity index (χ1v) is 13.7. The molecule has 5 aromatic rings. The molecule has 37 heavy (non-hydrogen) atoms. The van der Waals surface area contributed by atoms with Crippen molar-refractivity contribution < 1.29 is 0 Å². The summed E-state index contributed by atoms with van der Waals surface area (Å²) in [6.07, 6.45) is 0. The Labute approximate surface area is 222 Å². The van der Waals surface area contributed by atoms with Crippen LogP contribution in [0.15, 0.2) is 109 Å². The van der Waals surface area contributed by atoms with Crippen molar-refractivity contribution in [3.05, 3.63) is 143 Å². The summed E-state index contributed by atoms with van der Waals surface area (Å²) < 4.78 is 0. The first kappa shape index (κ1) is 24.8. The predicted molar refractivity (Wildman–Crippen MR) is 160 cm³/mol. The molecule has 2 aliphatic rings. The Hall–Kier alpha value is -3.90. The van der Waals surface area contributed by atoms with Crippen LogP contribution in [0.2, 0.25) is 0 Å². The van der Waals surface area contributed by atoms with Crippen LogP contribution in [-0.4, -0.2) is 0 Å².